The fourth-order valence-electron chi connectivity index (χ4n) is 1.59. The van der Waals surface area contributed by atoms with Crippen LogP contribution in [0.2, 0.25) is 0 Å². The topological polar surface area (TPSA) is 37.2 Å². The number of aromatic nitrogens is 1. The van der Waals surface area contributed by atoms with Gasteiger partial charge in [0, 0.05) is 31.6 Å². The van der Waals surface area contributed by atoms with Crippen molar-refractivity contribution in [3.8, 4) is 0 Å². The standard InChI is InChI=1S/C12H22N2O/c1-3-6-13-11(2)12-5-8-14(10-12)7-4-9-15/h5,8,10-11,13,15H,3-4,6-7,9H2,1-2H3. The van der Waals surface area contributed by atoms with Crippen molar-refractivity contribution < 1.29 is 5.11 Å². The van der Waals surface area contributed by atoms with Gasteiger partial charge in [0.05, 0.1) is 0 Å². The van der Waals surface area contributed by atoms with Crippen LogP contribution in [-0.4, -0.2) is 22.8 Å². The van der Waals surface area contributed by atoms with Gasteiger partial charge in [0.25, 0.3) is 0 Å². The second-order valence-electron chi connectivity index (χ2n) is 3.94. The first-order chi connectivity index (χ1) is 7.27. The molecule has 0 saturated heterocycles. The average molecular weight is 210 g/mol. The molecule has 0 amide bonds. The molecule has 1 rings (SSSR count). The van der Waals surface area contributed by atoms with Gasteiger partial charge in [0.1, 0.15) is 0 Å². The summed E-state index contributed by atoms with van der Waals surface area (Å²) in [6.45, 7) is 6.57. The third kappa shape index (κ3) is 4.06. The Morgan fingerprint density at radius 1 is 1.53 bits per heavy atom. The summed E-state index contributed by atoms with van der Waals surface area (Å²) in [6.07, 6.45) is 6.22. The van der Waals surface area contributed by atoms with Gasteiger partial charge in [-0.15, -0.1) is 0 Å². The molecule has 1 heterocycles. The number of rotatable bonds is 7. The number of hydrogen-bond acceptors (Lipinski definition) is 2. The van der Waals surface area contributed by atoms with Crippen LogP contribution in [0, 0.1) is 0 Å². The van der Waals surface area contributed by atoms with Crippen molar-refractivity contribution in [2.75, 3.05) is 13.2 Å². The van der Waals surface area contributed by atoms with E-state index in [-0.39, 0.29) is 6.61 Å². The molecule has 1 atom stereocenters. The monoisotopic (exact) mass is 210 g/mol. The summed E-state index contributed by atoms with van der Waals surface area (Å²) < 4.78 is 2.13. The predicted octanol–water partition coefficient (Wildman–Crippen LogP) is 1.93. The number of nitrogens with zero attached hydrogens (tertiary/aromatic N) is 1. The van der Waals surface area contributed by atoms with Crippen LogP contribution >= 0.6 is 0 Å². The van der Waals surface area contributed by atoms with Crippen LogP contribution < -0.4 is 5.32 Å². The molecule has 0 fully saturated rings. The van der Waals surface area contributed by atoms with E-state index in [9.17, 15) is 0 Å². The van der Waals surface area contributed by atoms with Crippen LogP contribution in [0.4, 0.5) is 0 Å². The Hall–Kier alpha value is -0.800. The Balaban J connectivity index is 2.43. The molecule has 86 valence electrons. The van der Waals surface area contributed by atoms with Crippen LogP contribution in [0.3, 0.4) is 0 Å². The number of aliphatic hydroxyl groups is 1. The normalized spacial score (nSPS) is 13.0. The maximum atomic E-state index is 8.73. The SMILES string of the molecule is CCCNC(C)c1ccn(CCCO)c1. The summed E-state index contributed by atoms with van der Waals surface area (Å²) in [6, 6.07) is 2.56. The second kappa shape index (κ2) is 6.64. The third-order valence-corrected chi connectivity index (χ3v) is 2.55. The van der Waals surface area contributed by atoms with E-state index in [0.29, 0.717) is 6.04 Å². The summed E-state index contributed by atoms with van der Waals surface area (Å²) in [5.41, 5.74) is 1.32. The van der Waals surface area contributed by atoms with Gasteiger partial charge in [-0.2, -0.15) is 0 Å². The van der Waals surface area contributed by atoms with Crippen LogP contribution in [0.5, 0.6) is 0 Å². The van der Waals surface area contributed by atoms with E-state index in [1.54, 1.807) is 0 Å². The van der Waals surface area contributed by atoms with E-state index in [1.807, 2.05) is 0 Å². The van der Waals surface area contributed by atoms with Crippen molar-refractivity contribution in [2.24, 2.45) is 0 Å². The van der Waals surface area contributed by atoms with E-state index in [2.05, 4.69) is 42.2 Å². The molecule has 1 unspecified atom stereocenters. The molecular weight excluding hydrogens is 188 g/mol. The van der Waals surface area contributed by atoms with Crippen molar-refractivity contribution in [1.82, 2.24) is 9.88 Å². The Bertz CT molecular complexity index is 270. The zero-order valence-electron chi connectivity index (χ0n) is 9.74. The van der Waals surface area contributed by atoms with Gasteiger partial charge in [-0.25, -0.2) is 0 Å². The van der Waals surface area contributed by atoms with Crippen LogP contribution in [0.15, 0.2) is 18.5 Å². The molecule has 3 heteroatoms. The number of nitrogens with one attached hydrogen (secondary N) is 1. The van der Waals surface area contributed by atoms with Gasteiger partial charge >= 0.3 is 0 Å². The van der Waals surface area contributed by atoms with Crippen molar-refractivity contribution in [1.29, 1.82) is 0 Å². The minimum atomic E-state index is 0.261. The summed E-state index contributed by atoms with van der Waals surface area (Å²) in [5, 5.41) is 12.2. The lowest BCUT2D eigenvalue weighted by Crippen LogP contribution is -2.18. The minimum Gasteiger partial charge on any atom is -0.396 e. The average Bonchev–Trinajstić information content (AvgIpc) is 2.71. The van der Waals surface area contributed by atoms with Crippen molar-refractivity contribution in [3.05, 3.63) is 24.0 Å². The molecule has 1 aromatic heterocycles. The highest BCUT2D eigenvalue weighted by molar-refractivity contribution is 5.14. The van der Waals surface area contributed by atoms with Crippen molar-refractivity contribution >= 4 is 0 Å². The van der Waals surface area contributed by atoms with Gasteiger partial charge in [-0.3, -0.25) is 0 Å². The van der Waals surface area contributed by atoms with E-state index >= 15 is 0 Å². The smallest absolute Gasteiger partial charge is 0.0448 e. The number of hydrogen-bond donors (Lipinski definition) is 2. The molecule has 0 bridgehead atoms. The first kappa shape index (κ1) is 12.3. The molecule has 2 N–H and O–H groups in total. The minimum absolute atomic E-state index is 0.261. The molecule has 1 aromatic rings. The first-order valence-electron chi connectivity index (χ1n) is 5.77. The van der Waals surface area contributed by atoms with Crippen LogP contribution in [0.25, 0.3) is 0 Å². The van der Waals surface area contributed by atoms with E-state index < -0.39 is 0 Å². The lowest BCUT2D eigenvalue weighted by Gasteiger charge is -2.11. The Labute approximate surface area is 92.1 Å². The predicted molar refractivity (Wildman–Crippen MR) is 62.8 cm³/mol. The summed E-state index contributed by atoms with van der Waals surface area (Å²) in [5.74, 6) is 0. The quantitative estimate of drug-likeness (QED) is 0.721. The fraction of sp³-hybridized carbons (Fsp3) is 0.667. The summed E-state index contributed by atoms with van der Waals surface area (Å²) in [7, 11) is 0. The summed E-state index contributed by atoms with van der Waals surface area (Å²) in [4.78, 5) is 0. The van der Waals surface area contributed by atoms with Crippen LogP contribution in [0.1, 0.15) is 38.3 Å². The van der Waals surface area contributed by atoms with Crippen molar-refractivity contribution in [2.45, 2.75) is 39.3 Å². The van der Waals surface area contributed by atoms with E-state index in [4.69, 9.17) is 5.11 Å². The van der Waals surface area contributed by atoms with E-state index in [1.165, 1.54) is 5.56 Å². The summed E-state index contributed by atoms with van der Waals surface area (Å²) >= 11 is 0. The van der Waals surface area contributed by atoms with Gasteiger partial charge in [0.2, 0.25) is 0 Å². The molecule has 15 heavy (non-hydrogen) atoms. The molecule has 0 saturated carbocycles. The molecule has 0 aliphatic carbocycles. The second-order valence-corrected chi connectivity index (χ2v) is 3.94. The van der Waals surface area contributed by atoms with Gasteiger partial charge < -0.3 is 15.0 Å². The molecule has 0 aliphatic heterocycles. The largest absolute Gasteiger partial charge is 0.396 e. The lowest BCUT2D eigenvalue weighted by atomic mass is 10.2. The lowest BCUT2D eigenvalue weighted by molar-refractivity contribution is 0.280. The van der Waals surface area contributed by atoms with Gasteiger partial charge in [0.15, 0.2) is 0 Å². The highest BCUT2D eigenvalue weighted by Crippen LogP contribution is 2.12. The maximum absolute atomic E-state index is 8.73. The van der Waals surface area contributed by atoms with Crippen LogP contribution in [-0.2, 0) is 6.54 Å². The fourth-order valence-corrected chi connectivity index (χ4v) is 1.59. The number of aliphatic hydroxyl groups excluding tert-OH is 1. The molecular formula is C12H22N2O. The molecule has 0 spiro atoms. The molecule has 0 aliphatic rings. The number of aryl methyl sites for hydroxylation is 1. The van der Waals surface area contributed by atoms with Crippen molar-refractivity contribution in [3.63, 3.8) is 0 Å². The highest BCUT2D eigenvalue weighted by atomic mass is 16.3. The van der Waals surface area contributed by atoms with Gasteiger partial charge in [-0.1, -0.05) is 6.92 Å². The molecule has 3 nitrogen and oxygen atoms in total. The zero-order valence-corrected chi connectivity index (χ0v) is 9.74. The molecule has 0 aromatic carbocycles. The highest BCUT2D eigenvalue weighted by Gasteiger charge is 2.05. The Morgan fingerprint density at radius 2 is 2.33 bits per heavy atom. The zero-order chi connectivity index (χ0) is 11.1. The molecule has 0 radical (unpaired) electrons. The third-order valence-electron chi connectivity index (χ3n) is 2.55. The Morgan fingerprint density at radius 3 is 3.00 bits per heavy atom. The van der Waals surface area contributed by atoms with Gasteiger partial charge in [-0.05, 0) is 37.9 Å². The van der Waals surface area contributed by atoms with E-state index in [0.717, 1.165) is 25.9 Å². The Kier molecular flexibility index (Phi) is 5.43. The maximum Gasteiger partial charge on any atom is 0.0448 e. The first-order valence-corrected chi connectivity index (χ1v) is 5.77.